The van der Waals surface area contributed by atoms with Crippen LogP contribution in [0.25, 0.3) is 0 Å². The van der Waals surface area contributed by atoms with Gasteiger partial charge in [0.25, 0.3) is 0 Å². The molecule has 19 heavy (non-hydrogen) atoms. The average molecular weight is 263 g/mol. The first-order valence-corrected chi connectivity index (χ1v) is 6.70. The van der Waals surface area contributed by atoms with Gasteiger partial charge in [-0.25, -0.2) is 9.97 Å². The van der Waals surface area contributed by atoms with Gasteiger partial charge in [-0.3, -0.25) is 0 Å². The van der Waals surface area contributed by atoms with Gasteiger partial charge in [0, 0.05) is 27.7 Å². The van der Waals surface area contributed by atoms with Gasteiger partial charge in [0.2, 0.25) is 0 Å². The van der Waals surface area contributed by atoms with E-state index in [-0.39, 0.29) is 35.7 Å². The molecule has 0 spiro atoms. The summed E-state index contributed by atoms with van der Waals surface area (Å²) in [6.45, 7) is 5.89. The third-order valence-electron chi connectivity index (χ3n) is 4.47. The van der Waals surface area contributed by atoms with Crippen molar-refractivity contribution in [2.45, 2.75) is 63.9 Å². The van der Waals surface area contributed by atoms with Gasteiger partial charge in [0.05, 0.1) is 11.2 Å². The first-order valence-electron chi connectivity index (χ1n) is 8.20. The SMILES string of the molecule is [2H]C([2H])([2H])c1ccnc([C@H]2C[C@@H]2B2OC(C)(C)C(C)(C)O2)n1. The lowest BCUT2D eigenvalue weighted by molar-refractivity contribution is 0.00578. The maximum atomic E-state index is 7.45. The number of hydrogen-bond acceptors (Lipinski definition) is 4. The summed E-state index contributed by atoms with van der Waals surface area (Å²) >= 11 is 0. The highest BCUT2D eigenvalue weighted by Crippen LogP contribution is 2.57. The molecule has 3 rings (SSSR count). The fraction of sp³-hybridized carbons (Fsp3) is 0.714. The van der Waals surface area contributed by atoms with Gasteiger partial charge in [-0.1, -0.05) is 0 Å². The Morgan fingerprint density at radius 2 is 2.00 bits per heavy atom. The second-order valence-electron chi connectivity index (χ2n) is 6.43. The Balaban J connectivity index is 1.74. The molecule has 2 fully saturated rings. The van der Waals surface area contributed by atoms with Crippen LogP contribution in [0, 0.1) is 6.85 Å². The van der Waals surface area contributed by atoms with Crippen molar-refractivity contribution in [3.63, 3.8) is 0 Å². The number of hydrogen-bond donors (Lipinski definition) is 0. The summed E-state index contributed by atoms with van der Waals surface area (Å²) in [6, 6.07) is 1.45. The van der Waals surface area contributed by atoms with E-state index in [9.17, 15) is 0 Å². The minimum absolute atomic E-state index is 0.0945. The van der Waals surface area contributed by atoms with E-state index in [0.717, 1.165) is 6.42 Å². The average Bonchev–Trinajstić information content (AvgIpc) is 3.12. The van der Waals surface area contributed by atoms with Crippen LogP contribution in [0.3, 0.4) is 0 Å². The summed E-state index contributed by atoms with van der Waals surface area (Å²) in [7, 11) is -0.282. The summed E-state index contributed by atoms with van der Waals surface area (Å²) in [5, 5.41) is 0. The second kappa shape index (κ2) is 4.03. The summed E-state index contributed by atoms with van der Waals surface area (Å²) in [6.07, 6.45) is 2.38. The molecular formula is C14H21BN2O2. The van der Waals surface area contributed by atoms with E-state index in [4.69, 9.17) is 13.4 Å². The van der Waals surface area contributed by atoms with Crippen LogP contribution in [0.5, 0.6) is 0 Å². The molecule has 2 aliphatic rings. The van der Waals surface area contributed by atoms with Crippen molar-refractivity contribution in [2.24, 2.45) is 0 Å². The van der Waals surface area contributed by atoms with Crippen molar-refractivity contribution in [3.05, 3.63) is 23.8 Å². The molecule has 1 aliphatic carbocycles. The van der Waals surface area contributed by atoms with Crippen LogP contribution in [-0.4, -0.2) is 28.3 Å². The van der Waals surface area contributed by atoms with Crippen LogP contribution in [0.1, 0.15) is 55.7 Å². The predicted molar refractivity (Wildman–Crippen MR) is 74.0 cm³/mol. The Kier molecular flexibility index (Phi) is 2.10. The second-order valence-corrected chi connectivity index (χ2v) is 6.43. The largest absolute Gasteiger partial charge is 0.461 e. The summed E-state index contributed by atoms with van der Waals surface area (Å²) < 4.78 is 34.4. The highest BCUT2D eigenvalue weighted by molar-refractivity contribution is 6.49. The Morgan fingerprint density at radius 3 is 2.63 bits per heavy atom. The number of aryl methyl sites for hydroxylation is 1. The topological polar surface area (TPSA) is 44.2 Å². The molecule has 0 unspecified atom stereocenters. The van der Waals surface area contributed by atoms with Crippen molar-refractivity contribution in [3.8, 4) is 0 Å². The molecule has 1 aliphatic heterocycles. The zero-order valence-corrected chi connectivity index (χ0v) is 11.8. The molecule has 102 valence electrons. The third kappa shape index (κ3) is 2.19. The van der Waals surface area contributed by atoms with E-state index < -0.39 is 6.85 Å². The fourth-order valence-corrected chi connectivity index (χ4v) is 2.43. The normalized spacial score (nSPS) is 34.5. The highest BCUT2D eigenvalue weighted by atomic mass is 16.7. The summed E-state index contributed by atoms with van der Waals surface area (Å²) in [5.41, 5.74) is -0.615. The molecule has 0 N–H and O–H groups in total. The lowest BCUT2D eigenvalue weighted by Gasteiger charge is -2.32. The summed E-state index contributed by atoms with van der Waals surface area (Å²) in [4.78, 5) is 8.45. The minimum atomic E-state index is -2.20. The molecule has 4 nitrogen and oxygen atoms in total. The molecule has 1 aromatic heterocycles. The molecule has 0 aromatic carbocycles. The van der Waals surface area contributed by atoms with E-state index in [1.807, 2.05) is 27.7 Å². The van der Waals surface area contributed by atoms with Crippen molar-refractivity contribution < 1.29 is 13.4 Å². The van der Waals surface area contributed by atoms with E-state index in [2.05, 4.69) is 9.97 Å². The van der Waals surface area contributed by atoms with Gasteiger partial charge in [-0.2, -0.15) is 0 Å². The monoisotopic (exact) mass is 263 g/mol. The van der Waals surface area contributed by atoms with E-state index in [1.165, 1.54) is 12.3 Å². The first kappa shape index (κ1) is 9.89. The van der Waals surface area contributed by atoms with Crippen LogP contribution >= 0.6 is 0 Å². The quantitative estimate of drug-likeness (QED) is 0.769. The van der Waals surface area contributed by atoms with Gasteiger partial charge in [-0.05, 0) is 47.0 Å². The van der Waals surface area contributed by atoms with Crippen LogP contribution in [0.4, 0.5) is 0 Å². The smallest absolute Gasteiger partial charge is 0.403 e. The van der Waals surface area contributed by atoms with Crippen LogP contribution in [0.15, 0.2) is 12.3 Å². The Hall–Kier alpha value is -0.935. The molecule has 1 aromatic rings. The van der Waals surface area contributed by atoms with Crippen molar-refractivity contribution in [1.82, 2.24) is 9.97 Å². The Morgan fingerprint density at radius 1 is 1.32 bits per heavy atom. The highest BCUT2D eigenvalue weighted by Gasteiger charge is 2.60. The number of nitrogens with zero attached hydrogens (tertiary/aromatic N) is 2. The number of aromatic nitrogens is 2. The maximum absolute atomic E-state index is 7.45. The predicted octanol–water partition coefficient (Wildman–Crippen LogP) is 2.73. The molecular weight excluding hydrogens is 239 g/mol. The van der Waals surface area contributed by atoms with E-state index >= 15 is 0 Å². The molecule has 0 bridgehead atoms. The Labute approximate surface area is 119 Å². The molecule has 1 saturated carbocycles. The lowest BCUT2D eigenvalue weighted by atomic mass is 9.80. The molecule has 2 atom stereocenters. The van der Waals surface area contributed by atoms with Gasteiger partial charge in [0.15, 0.2) is 0 Å². The Bertz CT molecular complexity index is 576. The van der Waals surface area contributed by atoms with Crippen LogP contribution in [-0.2, 0) is 9.31 Å². The van der Waals surface area contributed by atoms with Crippen molar-refractivity contribution in [2.75, 3.05) is 0 Å². The zero-order chi connectivity index (χ0) is 16.3. The molecule has 1 saturated heterocycles. The van der Waals surface area contributed by atoms with Gasteiger partial charge < -0.3 is 9.31 Å². The maximum Gasteiger partial charge on any atom is 0.461 e. The first-order chi connectivity index (χ1) is 10.0. The standard InChI is InChI=1S/C14H21BN2O2/c1-9-6-7-16-12(17-9)10-8-11(10)15-18-13(2,3)14(4,5)19-15/h6-7,10-11H,8H2,1-5H3/t10-,11-/m0/s1/i1D3. The van der Waals surface area contributed by atoms with E-state index in [1.54, 1.807) is 0 Å². The molecule has 2 heterocycles. The fourth-order valence-electron chi connectivity index (χ4n) is 2.43. The van der Waals surface area contributed by atoms with Crippen LogP contribution < -0.4 is 0 Å². The van der Waals surface area contributed by atoms with E-state index in [0.29, 0.717) is 5.82 Å². The van der Waals surface area contributed by atoms with Gasteiger partial charge >= 0.3 is 7.12 Å². The van der Waals surface area contributed by atoms with Gasteiger partial charge in [-0.15, -0.1) is 0 Å². The summed E-state index contributed by atoms with van der Waals surface area (Å²) in [5.74, 6) is 0.873. The molecule has 0 amide bonds. The minimum Gasteiger partial charge on any atom is -0.403 e. The van der Waals surface area contributed by atoms with Crippen molar-refractivity contribution >= 4 is 7.12 Å². The molecule has 0 radical (unpaired) electrons. The van der Waals surface area contributed by atoms with Crippen molar-refractivity contribution in [1.29, 1.82) is 0 Å². The lowest BCUT2D eigenvalue weighted by Crippen LogP contribution is -2.41. The number of rotatable bonds is 2. The van der Waals surface area contributed by atoms with Crippen LogP contribution in [0.2, 0.25) is 5.82 Å². The molecule has 5 heteroatoms. The zero-order valence-electron chi connectivity index (χ0n) is 14.8. The van der Waals surface area contributed by atoms with Gasteiger partial charge in [0.1, 0.15) is 5.82 Å². The third-order valence-corrected chi connectivity index (χ3v) is 4.47.